The zero-order valence-corrected chi connectivity index (χ0v) is 9.95. The van der Waals surface area contributed by atoms with Crippen LogP contribution in [0, 0.1) is 0 Å². The van der Waals surface area contributed by atoms with Crippen LogP contribution in [0.3, 0.4) is 0 Å². The highest BCUT2D eigenvalue weighted by Gasteiger charge is 2.36. The molecule has 19 heavy (non-hydrogen) atoms. The van der Waals surface area contributed by atoms with Crippen LogP contribution in [0.1, 0.15) is 5.56 Å². The maximum atomic E-state index is 6.03. The number of rotatable bonds is 0. The van der Waals surface area contributed by atoms with Gasteiger partial charge in [-0.3, -0.25) is 4.98 Å². The minimum Gasteiger partial charge on any atom is -0.394 e. The summed E-state index contributed by atoms with van der Waals surface area (Å²) in [5.74, 6) is 0.840. The summed E-state index contributed by atoms with van der Waals surface area (Å²) in [6.45, 7) is 0.815. The molecule has 0 saturated heterocycles. The van der Waals surface area contributed by atoms with Gasteiger partial charge in [0.25, 0.3) is 5.52 Å². The Labute approximate surface area is 107 Å². The maximum Gasteiger partial charge on any atom is 0.401 e. The van der Waals surface area contributed by atoms with Crippen molar-refractivity contribution in [1.29, 1.82) is 0 Å². The lowest BCUT2D eigenvalue weighted by molar-refractivity contribution is -0.649. The number of hydrogen-bond acceptors (Lipinski definition) is 3. The van der Waals surface area contributed by atoms with Crippen molar-refractivity contribution in [3.63, 3.8) is 0 Å². The minimum atomic E-state index is 0.815. The van der Waals surface area contributed by atoms with Crippen LogP contribution in [0.15, 0.2) is 47.5 Å². The van der Waals surface area contributed by atoms with Crippen LogP contribution in [0.5, 0.6) is 0 Å². The summed E-state index contributed by atoms with van der Waals surface area (Å²) in [5, 5.41) is 0. The van der Waals surface area contributed by atoms with Crippen molar-refractivity contribution in [2.24, 2.45) is 0 Å². The fraction of sp³-hybridized carbons (Fsp3) is 0.0714. The average Bonchev–Trinajstić information content (AvgIpc) is 3.07. The molecule has 5 rings (SSSR count). The molecule has 0 saturated carbocycles. The molecule has 1 aliphatic heterocycles. The molecule has 0 amide bonds. The van der Waals surface area contributed by atoms with Crippen LogP contribution in [-0.2, 0) is 6.54 Å². The molecule has 0 N–H and O–H groups in total. The highest BCUT2D eigenvalue weighted by atomic mass is 16.4. The van der Waals surface area contributed by atoms with Gasteiger partial charge in [0, 0.05) is 18.6 Å². The lowest BCUT2D eigenvalue weighted by Crippen LogP contribution is -2.30. The van der Waals surface area contributed by atoms with Gasteiger partial charge in [0.1, 0.15) is 5.52 Å². The Kier molecular flexibility index (Phi) is 1.46. The fourth-order valence-corrected chi connectivity index (χ4v) is 2.80. The van der Waals surface area contributed by atoms with Crippen molar-refractivity contribution in [3.05, 3.63) is 48.7 Å². The predicted octanol–water partition coefficient (Wildman–Crippen LogP) is 1.79. The number of pyridine rings is 1. The second-order valence-corrected chi connectivity index (χ2v) is 4.72. The second-order valence-electron chi connectivity index (χ2n) is 4.72. The zero-order valence-electron chi connectivity index (χ0n) is 9.95. The molecule has 0 aliphatic carbocycles. The molecule has 4 aromatic rings. The van der Waals surface area contributed by atoms with E-state index in [0.29, 0.717) is 0 Å². The molecule has 0 unspecified atom stereocenters. The third kappa shape index (κ3) is 1.03. The third-order valence-corrected chi connectivity index (χ3v) is 3.67. The van der Waals surface area contributed by atoms with Gasteiger partial charge in [-0.25, -0.2) is 4.98 Å². The molecule has 0 aromatic carbocycles. The van der Waals surface area contributed by atoms with Crippen LogP contribution >= 0.6 is 0 Å². The Balaban J connectivity index is 1.93. The Hall–Kier alpha value is -2.69. The molecular weight excluding hydrogens is 240 g/mol. The molecule has 1 aliphatic rings. The van der Waals surface area contributed by atoms with Gasteiger partial charge in [0.15, 0.2) is 12.2 Å². The summed E-state index contributed by atoms with van der Waals surface area (Å²) in [7, 11) is 0. The molecule has 0 radical (unpaired) electrons. The third-order valence-electron chi connectivity index (χ3n) is 3.67. The van der Waals surface area contributed by atoms with Gasteiger partial charge in [-0.2, -0.15) is 0 Å². The first-order valence-corrected chi connectivity index (χ1v) is 6.13. The molecule has 90 valence electrons. The van der Waals surface area contributed by atoms with Gasteiger partial charge in [-0.1, -0.05) is 0 Å². The Morgan fingerprint density at radius 2 is 2.32 bits per heavy atom. The molecular formula is C14H9N4O+. The van der Waals surface area contributed by atoms with Gasteiger partial charge in [-0.15, -0.1) is 4.57 Å². The summed E-state index contributed by atoms with van der Waals surface area (Å²) in [6.07, 6.45) is 9.40. The Bertz CT molecular complexity index is 951. The first-order valence-electron chi connectivity index (χ1n) is 6.13. The summed E-state index contributed by atoms with van der Waals surface area (Å²) in [4.78, 5) is 8.58. The van der Waals surface area contributed by atoms with Crippen LogP contribution in [0.25, 0.3) is 28.2 Å². The molecule has 0 bridgehead atoms. The minimum absolute atomic E-state index is 0.815. The van der Waals surface area contributed by atoms with Crippen molar-refractivity contribution < 1.29 is 8.98 Å². The summed E-state index contributed by atoms with van der Waals surface area (Å²) in [6, 6.07) is 4.05. The Morgan fingerprint density at radius 3 is 3.32 bits per heavy atom. The monoisotopic (exact) mass is 249 g/mol. The van der Waals surface area contributed by atoms with Crippen molar-refractivity contribution in [2.75, 3.05) is 0 Å². The van der Waals surface area contributed by atoms with Crippen LogP contribution < -0.4 is 4.57 Å². The highest BCUT2D eigenvalue weighted by Crippen LogP contribution is 2.31. The van der Waals surface area contributed by atoms with Crippen LogP contribution in [0.4, 0.5) is 0 Å². The van der Waals surface area contributed by atoms with Gasteiger partial charge in [0.2, 0.25) is 5.58 Å². The molecule has 0 fully saturated rings. The molecule has 0 spiro atoms. The van der Waals surface area contributed by atoms with Crippen LogP contribution in [-0.4, -0.2) is 14.4 Å². The first-order chi connectivity index (χ1) is 9.42. The lowest BCUT2D eigenvalue weighted by atomic mass is 10.2. The van der Waals surface area contributed by atoms with E-state index in [-0.39, 0.29) is 0 Å². The van der Waals surface area contributed by atoms with Gasteiger partial charge < -0.3 is 8.82 Å². The number of hydrogen-bond donors (Lipinski definition) is 0. The van der Waals surface area contributed by atoms with Crippen molar-refractivity contribution >= 4 is 16.6 Å². The maximum absolute atomic E-state index is 6.03. The largest absolute Gasteiger partial charge is 0.401 e. The van der Waals surface area contributed by atoms with E-state index in [0.717, 1.165) is 34.7 Å². The fourth-order valence-electron chi connectivity index (χ4n) is 2.80. The molecule has 0 atom stereocenters. The zero-order chi connectivity index (χ0) is 12.4. The van der Waals surface area contributed by atoms with Crippen molar-refractivity contribution in [1.82, 2.24) is 14.4 Å². The predicted molar refractivity (Wildman–Crippen MR) is 67.5 cm³/mol. The van der Waals surface area contributed by atoms with E-state index in [4.69, 9.17) is 4.42 Å². The van der Waals surface area contributed by atoms with Gasteiger partial charge in [0.05, 0.1) is 18.0 Å². The Morgan fingerprint density at radius 1 is 1.32 bits per heavy atom. The topological polar surface area (TPSA) is 47.2 Å². The smallest absolute Gasteiger partial charge is 0.394 e. The van der Waals surface area contributed by atoms with Crippen molar-refractivity contribution in [2.45, 2.75) is 6.54 Å². The highest BCUT2D eigenvalue weighted by molar-refractivity contribution is 5.88. The summed E-state index contributed by atoms with van der Waals surface area (Å²) < 4.78 is 10.2. The molecule has 5 nitrogen and oxygen atoms in total. The standard InChI is InChI=1S/C14H9N4O/c1-2-9-7-18-11-8-17-5-4-15-6-10(17)13(11)19-14(18)12(9)16-3-1/h1-6,8H,7H2/q+1. The molecule has 5 heterocycles. The first kappa shape index (κ1) is 9.27. The molecule has 4 aromatic heterocycles. The average molecular weight is 249 g/mol. The van der Waals surface area contributed by atoms with E-state index < -0.39 is 0 Å². The van der Waals surface area contributed by atoms with E-state index in [1.54, 1.807) is 12.4 Å². The number of aromatic nitrogens is 4. The molecule has 5 heteroatoms. The van der Waals surface area contributed by atoms with Crippen molar-refractivity contribution in [3.8, 4) is 11.6 Å². The summed E-state index contributed by atoms with van der Waals surface area (Å²) >= 11 is 0. The van der Waals surface area contributed by atoms with E-state index in [9.17, 15) is 0 Å². The second kappa shape index (κ2) is 3.00. The van der Waals surface area contributed by atoms with E-state index in [1.807, 2.05) is 22.9 Å². The van der Waals surface area contributed by atoms with E-state index in [1.165, 1.54) is 5.56 Å². The summed E-state index contributed by atoms with van der Waals surface area (Å²) in [5.41, 5.74) is 5.09. The van der Waals surface area contributed by atoms with Crippen LogP contribution in [0.2, 0.25) is 0 Å². The van der Waals surface area contributed by atoms with Gasteiger partial charge in [-0.05, 0) is 12.1 Å². The van der Waals surface area contributed by atoms with E-state index in [2.05, 4.69) is 26.8 Å². The number of fused-ring (bicyclic) bond motifs is 7. The lowest BCUT2D eigenvalue weighted by Gasteiger charge is -1.90. The SMILES string of the molecule is c1cnc2c(c1)C[n+]1c-2oc2c3cnccn3cc21. The van der Waals surface area contributed by atoms with Gasteiger partial charge >= 0.3 is 5.89 Å². The van der Waals surface area contributed by atoms with E-state index >= 15 is 0 Å². The normalized spacial score (nSPS) is 13.1. The quantitative estimate of drug-likeness (QED) is 0.393. The number of oxazole rings is 1. The number of nitrogens with zero attached hydrogens (tertiary/aromatic N) is 4.